The minimum Gasteiger partial charge on any atom is -0.0982 e. The van der Waals surface area contributed by atoms with Gasteiger partial charge in [-0.1, -0.05) is 44.7 Å². The standard InChI is InChI=1S/C14H18/c1-4-5-6-13-7-9-14(10-8-13)11-12(2)3/h7-10,12H,4,11H2,1-3H3. The summed E-state index contributed by atoms with van der Waals surface area (Å²) in [5.74, 6) is 6.92. The van der Waals surface area contributed by atoms with E-state index in [0.717, 1.165) is 24.3 Å². The molecule has 0 aliphatic rings. The normalized spacial score (nSPS) is 9.71. The van der Waals surface area contributed by atoms with E-state index in [2.05, 4.69) is 56.9 Å². The monoisotopic (exact) mass is 186 g/mol. The van der Waals surface area contributed by atoms with Gasteiger partial charge in [0.1, 0.15) is 0 Å². The van der Waals surface area contributed by atoms with Crippen molar-refractivity contribution in [2.75, 3.05) is 0 Å². The summed E-state index contributed by atoms with van der Waals surface area (Å²) >= 11 is 0. The van der Waals surface area contributed by atoms with E-state index in [1.54, 1.807) is 0 Å². The van der Waals surface area contributed by atoms with E-state index in [-0.39, 0.29) is 0 Å². The van der Waals surface area contributed by atoms with Crippen LogP contribution in [0.15, 0.2) is 24.3 Å². The molecule has 0 radical (unpaired) electrons. The van der Waals surface area contributed by atoms with Crippen LogP contribution in [-0.4, -0.2) is 0 Å². The Morgan fingerprint density at radius 2 is 1.79 bits per heavy atom. The molecule has 0 nitrogen and oxygen atoms in total. The molecule has 0 heteroatoms. The highest BCUT2D eigenvalue weighted by Gasteiger charge is 1.96. The van der Waals surface area contributed by atoms with E-state index in [9.17, 15) is 0 Å². The average Bonchev–Trinajstić information content (AvgIpc) is 2.16. The first-order chi connectivity index (χ1) is 6.72. The van der Waals surface area contributed by atoms with E-state index in [4.69, 9.17) is 0 Å². The second-order valence-corrected chi connectivity index (χ2v) is 3.95. The Hall–Kier alpha value is -1.22. The number of hydrogen-bond donors (Lipinski definition) is 0. The fraction of sp³-hybridized carbons (Fsp3) is 0.429. The molecule has 0 atom stereocenters. The fourth-order valence-electron chi connectivity index (χ4n) is 1.39. The molecule has 0 bridgehead atoms. The van der Waals surface area contributed by atoms with E-state index in [1.165, 1.54) is 5.56 Å². The van der Waals surface area contributed by atoms with Crippen molar-refractivity contribution in [3.8, 4) is 11.8 Å². The van der Waals surface area contributed by atoms with Crippen molar-refractivity contribution in [1.82, 2.24) is 0 Å². The van der Waals surface area contributed by atoms with Crippen LogP contribution in [0, 0.1) is 17.8 Å². The lowest BCUT2D eigenvalue weighted by molar-refractivity contribution is 0.647. The predicted octanol–water partition coefficient (Wildman–Crippen LogP) is 3.65. The summed E-state index contributed by atoms with van der Waals surface area (Å²) in [6.07, 6.45) is 2.08. The van der Waals surface area contributed by atoms with Crippen LogP contribution in [0.2, 0.25) is 0 Å². The quantitative estimate of drug-likeness (QED) is 0.618. The van der Waals surface area contributed by atoms with Gasteiger partial charge in [-0.3, -0.25) is 0 Å². The molecule has 0 spiro atoms. The average molecular weight is 186 g/mol. The van der Waals surface area contributed by atoms with Crippen LogP contribution in [0.1, 0.15) is 38.3 Å². The largest absolute Gasteiger partial charge is 0.0982 e. The van der Waals surface area contributed by atoms with Crippen molar-refractivity contribution >= 4 is 0 Å². The van der Waals surface area contributed by atoms with Gasteiger partial charge in [-0.05, 0) is 30.0 Å². The highest BCUT2D eigenvalue weighted by atomic mass is 14.0. The molecule has 0 saturated heterocycles. The van der Waals surface area contributed by atoms with Gasteiger partial charge in [0, 0.05) is 12.0 Å². The Kier molecular flexibility index (Phi) is 4.26. The Bertz CT molecular complexity index is 319. The maximum absolute atomic E-state index is 3.12. The van der Waals surface area contributed by atoms with Crippen molar-refractivity contribution in [1.29, 1.82) is 0 Å². The van der Waals surface area contributed by atoms with E-state index >= 15 is 0 Å². The van der Waals surface area contributed by atoms with Crippen LogP contribution in [0.3, 0.4) is 0 Å². The van der Waals surface area contributed by atoms with Crippen LogP contribution >= 0.6 is 0 Å². The van der Waals surface area contributed by atoms with Gasteiger partial charge in [-0.25, -0.2) is 0 Å². The van der Waals surface area contributed by atoms with Crippen LogP contribution in [0.25, 0.3) is 0 Å². The van der Waals surface area contributed by atoms with Crippen molar-refractivity contribution in [2.45, 2.75) is 33.6 Å². The topological polar surface area (TPSA) is 0 Å². The second kappa shape index (κ2) is 5.50. The molecule has 0 heterocycles. The third kappa shape index (κ3) is 3.66. The first kappa shape index (κ1) is 10.9. The van der Waals surface area contributed by atoms with E-state index in [1.807, 2.05) is 0 Å². The van der Waals surface area contributed by atoms with Crippen LogP contribution in [-0.2, 0) is 6.42 Å². The number of benzene rings is 1. The number of rotatable bonds is 2. The lowest BCUT2D eigenvalue weighted by Gasteiger charge is -2.03. The van der Waals surface area contributed by atoms with Crippen LogP contribution < -0.4 is 0 Å². The Balaban J connectivity index is 2.68. The molecular formula is C14H18. The molecule has 0 unspecified atom stereocenters. The van der Waals surface area contributed by atoms with Gasteiger partial charge < -0.3 is 0 Å². The molecule has 0 aromatic heterocycles. The van der Waals surface area contributed by atoms with Gasteiger partial charge in [-0.2, -0.15) is 0 Å². The van der Waals surface area contributed by atoms with Gasteiger partial charge >= 0.3 is 0 Å². The molecule has 1 rings (SSSR count). The first-order valence-electron chi connectivity index (χ1n) is 5.30. The zero-order valence-electron chi connectivity index (χ0n) is 9.30. The van der Waals surface area contributed by atoms with Crippen molar-refractivity contribution in [3.05, 3.63) is 35.4 Å². The molecule has 0 aliphatic heterocycles. The fourth-order valence-corrected chi connectivity index (χ4v) is 1.39. The zero-order valence-corrected chi connectivity index (χ0v) is 9.30. The Morgan fingerprint density at radius 1 is 1.14 bits per heavy atom. The third-order valence-electron chi connectivity index (χ3n) is 2.01. The summed E-state index contributed by atoms with van der Waals surface area (Å²) in [6.45, 7) is 6.55. The third-order valence-corrected chi connectivity index (χ3v) is 2.01. The van der Waals surface area contributed by atoms with E-state index < -0.39 is 0 Å². The van der Waals surface area contributed by atoms with Gasteiger partial charge in [0.2, 0.25) is 0 Å². The van der Waals surface area contributed by atoms with Crippen molar-refractivity contribution in [2.24, 2.45) is 5.92 Å². The van der Waals surface area contributed by atoms with Crippen LogP contribution in [0.5, 0.6) is 0 Å². The molecule has 1 aromatic rings. The predicted molar refractivity (Wildman–Crippen MR) is 62.2 cm³/mol. The van der Waals surface area contributed by atoms with Crippen molar-refractivity contribution in [3.63, 3.8) is 0 Å². The highest BCUT2D eigenvalue weighted by molar-refractivity contribution is 5.36. The van der Waals surface area contributed by atoms with Crippen LogP contribution in [0.4, 0.5) is 0 Å². The summed E-state index contributed by atoms with van der Waals surface area (Å²) in [6, 6.07) is 8.58. The lowest BCUT2D eigenvalue weighted by atomic mass is 10.0. The molecule has 0 amide bonds. The summed E-state index contributed by atoms with van der Waals surface area (Å²) in [4.78, 5) is 0. The lowest BCUT2D eigenvalue weighted by Crippen LogP contribution is -1.93. The van der Waals surface area contributed by atoms with Gasteiger partial charge in [-0.15, -0.1) is 0 Å². The summed E-state index contributed by atoms with van der Waals surface area (Å²) in [5.41, 5.74) is 2.53. The van der Waals surface area contributed by atoms with Gasteiger partial charge in [0.15, 0.2) is 0 Å². The van der Waals surface area contributed by atoms with Gasteiger partial charge in [0.05, 0.1) is 0 Å². The number of hydrogen-bond acceptors (Lipinski definition) is 0. The minimum atomic E-state index is 0.725. The smallest absolute Gasteiger partial charge is 0.0245 e. The van der Waals surface area contributed by atoms with Gasteiger partial charge in [0.25, 0.3) is 0 Å². The molecule has 1 aromatic carbocycles. The maximum Gasteiger partial charge on any atom is 0.0245 e. The second-order valence-electron chi connectivity index (χ2n) is 3.95. The van der Waals surface area contributed by atoms with Crippen molar-refractivity contribution < 1.29 is 0 Å². The maximum atomic E-state index is 3.12. The Labute approximate surface area is 87.4 Å². The molecule has 14 heavy (non-hydrogen) atoms. The Morgan fingerprint density at radius 3 is 2.29 bits per heavy atom. The molecule has 0 fully saturated rings. The molecule has 74 valence electrons. The minimum absolute atomic E-state index is 0.725. The highest BCUT2D eigenvalue weighted by Crippen LogP contribution is 2.09. The first-order valence-corrected chi connectivity index (χ1v) is 5.30. The zero-order chi connectivity index (χ0) is 10.4. The molecule has 0 N–H and O–H groups in total. The molecular weight excluding hydrogens is 168 g/mol. The van der Waals surface area contributed by atoms with E-state index in [0.29, 0.717) is 0 Å². The molecule has 0 saturated carbocycles. The molecule has 0 aliphatic carbocycles. The summed E-state index contributed by atoms with van der Waals surface area (Å²) < 4.78 is 0. The summed E-state index contributed by atoms with van der Waals surface area (Å²) in [5, 5.41) is 0. The summed E-state index contributed by atoms with van der Waals surface area (Å²) in [7, 11) is 0. The SMILES string of the molecule is CCC#Cc1ccc(CC(C)C)cc1.